The van der Waals surface area contributed by atoms with Gasteiger partial charge < -0.3 is 4.90 Å². The zero-order chi connectivity index (χ0) is 23.8. The van der Waals surface area contributed by atoms with Crippen LogP contribution in [0, 0.1) is 6.92 Å². The normalized spacial score (nSPS) is 15.3. The Hall–Kier alpha value is -4.37. The molecule has 1 aliphatic rings. The zero-order valence-corrected chi connectivity index (χ0v) is 19.6. The van der Waals surface area contributed by atoms with Crippen LogP contribution in [0.3, 0.4) is 0 Å². The number of carbonyl (C=O) groups excluding carboxylic acids is 1. The molecular weight excluding hydrogens is 428 g/mol. The van der Waals surface area contributed by atoms with Gasteiger partial charge in [-0.25, -0.2) is 0 Å². The minimum absolute atomic E-state index is 0.0201. The molecule has 5 aromatic carbocycles. The summed E-state index contributed by atoms with van der Waals surface area (Å²) in [5.41, 5.74) is 6.06. The first-order valence-electron chi connectivity index (χ1n) is 12.0. The van der Waals surface area contributed by atoms with Crippen molar-refractivity contribution >= 4 is 28.1 Å². The smallest absolute Gasteiger partial charge is 0.262 e. The zero-order valence-electron chi connectivity index (χ0n) is 19.6. The van der Waals surface area contributed by atoms with Crippen molar-refractivity contribution in [3.8, 4) is 0 Å². The average Bonchev–Trinajstić information content (AvgIpc) is 2.91. The molecule has 3 heteroatoms. The molecule has 1 amide bonds. The van der Waals surface area contributed by atoms with Gasteiger partial charge in [-0.05, 0) is 47.5 Å². The molecule has 0 saturated carbocycles. The molecule has 0 aromatic heterocycles. The summed E-state index contributed by atoms with van der Waals surface area (Å²) in [5.74, 6) is 0.0201. The van der Waals surface area contributed by atoms with Crippen LogP contribution in [0.25, 0.3) is 10.8 Å². The molecule has 1 atom stereocenters. The summed E-state index contributed by atoms with van der Waals surface area (Å²) in [6.45, 7) is 2.75. The Morgan fingerprint density at radius 3 is 2.20 bits per heavy atom. The van der Waals surface area contributed by atoms with Crippen LogP contribution in [0.2, 0.25) is 0 Å². The molecule has 0 radical (unpaired) electrons. The van der Waals surface area contributed by atoms with Crippen LogP contribution in [0.1, 0.15) is 33.2 Å². The quantitative estimate of drug-likeness (QED) is 0.280. The summed E-state index contributed by atoms with van der Waals surface area (Å²) < 4.78 is 0. The molecule has 0 aliphatic carbocycles. The number of carbonyl (C=O) groups is 1. The van der Waals surface area contributed by atoms with E-state index in [0.717, 1.165) is 27.9 Å². The van der Waals surface area contributed by atoms with Crippen LogP contribution in [0.15, 0.2) is 121 Å². The fourth-order valence-corrected chi connectivity index (χ4v) is 5.12. The van der Waals surface area contributed by atoms with Crippen LogP contribution in [-0.2, 0) is 6.54 Å². The lowest BCUT2D eigenvalue weighted by Gasteiger charge is -2.46. The molecule has 35 heavy (non-hydrogen) atoms. The number of hydrogen-bond acceptors (Lipinski definition) is 2. The predicted octanol–water partition coefficient (Wildman–Crippen LogP) is 7.51. The van der Waals surface area contributed by atoms with Gasteiger partial charge in [0.1, 0.15) is 6.17 Å². The van der Waals surface area contributed by atoms with Crippen molar-refractivity contribution in [2.75, 3.05) is 9.80 Å². The first-order chi connectivity index (χ1) is 17.2. The van der Waals surface area contributed by atoms with E-state index >= 15 is 0 Å². The van der Waals surface area contributed by atoms with Gasteiger partial charge in [0, 0.05) is 17.8 Å². The summed E-state index contributed by atoms with van der Waals surface area (Å²) in [5, 5.41) is 2.32. The minimum Gasteiger partial charge on any atom is -0.342 e. The fraction of sp³-hybridized carbons (Fsp3) is 0.0938. The molecule has 5 aromatic rings. The highest BCUT2D eigenvalue weighted by molar-refractivity contribution is 6.12. The summed E-state index contributed by atoms with van der Waals surface area (Å²) in [6.07, 6.45) is -0.300. The molecular formula is C32H26N2O. The average molecular weight is 455 g/mol. The Morgan fingerprint density at radius 1 is 0.686 bits per heavy atom. The predicted molar refractivity (Wildman–Crippen MR) is 144 cm³/mol. The van der Waals surface area contributed by atoms with Crippen LogP contribution in [0.4, 0.5) is 11.4 Å². The second-order valence-corrected chi connectivity index (χ2v) is 9.08. The van der Waals surface area contributed by atoms with Gasteiger partial charge in [0.05, 0.1) is 11.3 Å². The summed E-state index contributed by atoms with van der Waals surface area (Å²) in [4.78, 5) is 18.5. The van der Waals surface area contributed by atoms with Gasteiger partial charge in [-0.15, -0.1) is 0 Å². The molecule has 0 fully saturated rings. The topological polar surface area (TPSA) is 23.6 Å². The van der Waals surface area contributed by atoms with E-state index in [1.165, 1.54) is 16.5 Å². The third kappa shape index (κ3) is 3.75. The fourth-order valence-electron chi connectivity index (χ4n) is 5.12. The van der Waals surface area contributed by atoms with Gasteiger partial charge in [-0.2, -0.15) is 0 Å². The van der Waals surface area contributed by atoms with E-state index in [4.69, 9.17) is 0 Å². The van der Waals surface area contributed by atoms with E-state index in [1.807, 2.05) is 29.2 Å². The number of amides is 1. The Balaban J connectivity index is 1.63. The largest absolute Gasteiger partial charge is 0.342 e. The molecule has 0 bridgehead atoms. The maximum Gasteiger partial charge on any atom is 0.262 e. The van der Waals surface area contributed by atoms with Crippen LogP contribution >= 0.6 is 0 Å². The van der Waals surface area contributed by atoms with Crippen molar-refractivity contribution in [2.45, 2.75) is 19.6 Å². The molecule has 6 rings (SSSR count). The van der Waals surface area contributed by atoms with Crippen molar-refractivity contribution in [1.82, 2.24) is 0 Å². The molecule has 1 heterocycles. The second kappa shape index (κ2) is 8.77. The molecule has 170 valence electrons. The highest BCUT2D eigenvalue weighted by Gasteiger charge is 2.40. The number of nitrogens with zero attached hydrogens (tertiary/aromatic N) is 2. The minimum atomic E-state index is -0.300. The van der Waals surface area contributed by atoms with E-state index < -0.39 is 0 Å². The van der Waals surface area contributed by atoms with Crippen molar-refractivity contribution in [3.63, 3.8) is 0 Å². The summed E-state index contributed by atoms with van der Waals surface area (Å²) >= 11 is 0. The van der Waals surface area contributed by atoms with Crippen molar-refractivity contribution < 1.29 is 4.79 Å². The Labute approximate surface area is 205 Å². The number of rotatable bonds is 4. The number of para-hydroxylation sites is 1. The van der Waals surface area contributed by atoms with Crippen molar-refractivity contribution in [2.24, 2.45) is 0 Å². The standard InChI is InChI=1S/C32H26N2O/c1-23-18-20-26(21-19-23)34-31(28-16-9-13-25-12-5-6-14-27(25)28)33(22-24-10-3-2-4-11-24)30-17-8-7-15-29(30)32(34)35/h2-21,31H,22H2,1H3/t31-/m0/s1. The number of aryl methyl sites for hydroxylation is 1. The van der Waals surface area contributed by atoms with E-state index in [1.54, 1.807) is 0 Å². The Kier molecular flexibility index (Phi) is 5.31. The molecule has 0 saturated heterocycles. The van der Waals surface area contributed by atoms with Crippen LogP contribution in [0.5, 0.6) is 0 Å². The van der Waals surface area contributed by atoms with E-state index in [-0.39, 0.29) is 12.1 Å². The van der Waals surface area contributed by atoms with Crippen LogP contribution in [-0.4, -0.2) is 5.91 Å². The van der Waals surface area contributed by atoms with Gasteiger partial charge in [0.2, 0.25) is 0 Å². The van der Waals surface area contributed by atoms with Crippen LogP contribution < -0.4 is 9.80 Å². The van der Waals surface area contributed by atoms with E-state index in [0.29, 0.717) is 6.54 Å². The summed E-state index contributed by atoms with van der Waals surface area (Å²) in [7, 11) is 0. The maximum atomic E-state index is 14.1. The molecule has 0 N–H and O–H groups in total. The second-order valence-electron chi connectivity index (χ2n) is 9.08. The number of hydrogen-bond donors (Lipinski definition) is 0. The number of fused-ring (bicyclic) bond motifs is 2. The van der Waals surface area contributed by atoms with E-state index in [2.05, 4.69) is 109 Å². The highest BCUT2D eigenvalue weighted by atomic mass is 16.2. The molecule has 1 aliphatic heterocycles. The lowest BCUT2D eigenvalue weighted by atomic mass is 9.95. The molecule has 3 nitrogen and oxygen atoms in total. The Morgan fingerprint density at radius 2 is 1.37 bits per heavy atom. The van der Waals surface area contributed by atoms with Crippen molar-refractivity contribution in [1.29, 1.82) is 0 Å². The lowest BCUT2D eigenvalue weighted by molar-refractivity contribution is 0.0968. The first kappa shape index (κ1) is 21.2. The monoisotopic (exact) mass is 454 g/mol. The third-order valence-corrected chi connectivity index (χ3v) is 6.81. The lowest BCUT2D eigenvalue weighted by Crippen LogP contribution is -2.49. The summed E-state index contributed by atoms with van der Waals surface area (Å²) in [6, 6.07) is 41.5. The van der Waals surface area contributed by atoms with Gasteiger partial charge >= 0.3 is 0 Å². The van der Waals surface area contributed by atoms with Gasteiger partial charge in [0.15, 0.2) is 0 Å². The number of anilines is 2. The van der Waals surface area contributed by atoms with Gasteiger partial charge in [0.25, 0.3) is 5.91 Å². The van der Waals surface area contributed by atoms with Gasteiger partial charge in [-0.3, -0.25) is 9.69 Å². The first-order valence-corrected chi connectivity index (χ1v) is 12.0. The van der Waals surface area contributed by atoms with Crippen molar-refractivity contribution in [3.05, 3.63) is 144 Å². The highest BCUT2D eigenvalue weighted by Crippen LogP contribution is 2.44. The van der Waals surface area contributed by atoms with E-state index in [9.17, 15) is 4.79 Å². The molecule has 0 spiro atoms. The SMILES string of the molecule is Cc1ccc(N2C(=O)c3ccccc3N(Cc3ccccc3)[C@@H]2c2cccc3ccccc23)cc1. The van der Waals surface area contributed by atoms with Gasteiger partial charge in [-0.1, -0.05) is 103 Å². The maximum absolute atomic E-state index is 14.1. The Bertz CT molecular complexity index is 1500. The third-order valence-electron chi connectivity index (χ3n) is 6.81. The number of benzene rings is 5. The molecule has 0 unspecified atom stereocenters.